The molecule has 0 saturated carbocycles. The van der Waals surface area contributed by atoms with Gasteiger partial charge in [-0.1, -0.05) is 13.5 Å². The van der Waals surface area contributed by atoms with Crippen LogP contribution in [0.2, 0.25) is 0 Å². The monoisotopic (exact) mass is 544 g/mol. The van der Waals surface area contributed by atoms with Crippen molar-refractivity contribution in [2.24, 2.45) is 11.8 Å². The summed E-state index contributed by atoms with van der Waals surface area (Å²) in [7, 11) is 3.14. The van der Waals surface area contributed by atoms with Crippen molar-refractivity contribution >= 4 is 17.3 Å². The summed E-state index contributed by atoms with van der Waals surface area (Å²) in [6, 6.07) is -1.05. The standard InChI is InChI=1S/C22H21N3O7.CH4.Y/c1-8(26)14-19(29)17(25(2)3)11-7-9-6-10-12(24-23)4-5-13(27)16(10)18(28)15(9)21(31)22(11,32)20(14)30;;/h4,9,11,17,28,30-32H,6-7H2,1-3H3;1H4;/t9?,11?,17-,22+;;/m0../s1. The number of carbonyl (C=O) groups is 3. The van der Waals surface area contributed by atoms with Gasteiger partial charge in [0.05, 0.1) is 22.6 Å². The summed E-state index contributed by atoms with van der Waals surface area (Å²) in [6.07, 6.45) is 3.59. The summed E-state index contributed by atoms with van der Waals surface area (Å²) in [6.45, 7) is 1.07. The van der Waals surface area contributed by atoms with Crippen LogP contribution < -0.4 is 0 Å². The number of hydrogen-bond donors (Lipinski definition) is 4. The van der Waals surface area contributed by atoms with E-state index in [0.29, 0.717) is 0 Å². The van der Waals surface area contributed by atoms with Crippen molar-refractivity contribution in [1.29, 1.82) is 5.39 Å². The minimum absolute atomic E-state index is 0. The first-order valence-electron chi connectivity index (χ1n) is 9.94. The second kappa shape index (κ2) is 9.30. The van der Waals surface area contributed by atoms with E-state index in [1.54, 1.807) is 14.1 Å². The van der Waals surface area contributed by atoms with E-state index < -0.39 is 63.7 Å². The predicted octanol–water partition coefficient (Wildman–Crippen LogP) is 1.98. The third-order valence-electron chi connectivity index (χ3n) is 6.73. The number of allylic oxidation sites excluding steroid dienone is 5. The van der Waals surface area contributed by atoms with Gasteiger partial charge in [0.15, 0.2) is 17.2 Å². The zero-order chi connectivity index (χ0) is 23.7. The van der Waals surface area contributed by atoms with Crippen molar-refractivity contribution in [2.45, 2.75) is 38.8 Å². The molecule has 0 aliphatic heterocycles. The molecule has 4 aliphatic rings. The molecular weight excluding hydrogens is 519 g/mol. The second-order valence-corrected chi connectivity index (χ2v) is 8.63. The Morgan fingerprint density at radius 2 is 1.85 bits per heavy atom. The topological polar surface area (TPSA) is 164 Å². The minimum Gasteiger partial charge on any atom is -0.520 e. The summed E-state index contributed by atoms with van der Waals surface area (Å²) < 4.78 is 0. The molecule has 0 aromatic carbocycles. The van der Waals surface area contributed by atoms with Crippen molar-refractivity contribution in [2.75, 3.05) is 14.1 Å². The number of likely N-dealkylation sites (N-methyl/N-ethyl adjacent to an activating group) is 1. The van der Waals surface area contributed by atoms with E-state index in [0.717, 1.165) is 6.92 Å². The minimum atomic E-state index is -2.52. The van der Waals surface area contributed by atoms with Crippen LogP contribution >= 0.6 is 0 Å². The smallest absolute Gasteiger partial charge is 0.283 e. The number of nitrogens with zero attached hydrogens (tertiary/aromatic N) is 3. The zero-order valence-electron chi connectivity index (χ0n) is 18.2. The summed E-state index contributed by atoms with van der Waals surface area (Å²) in [5, 5.41) is 53.7. The molecule has 34 heavy (non-hydrogen) atoms. The third-order valence-corrected chi connectivity index (χ3v) is 6.73. The van der Waals surface area contributed by atoms with Gasteiger partial charge in [-0.25, -0.2) is 0 Å². The molecule has 4 N–H and O–H groups in total. The quantitative estimate of drug-likeness (QED) is 0.231. The van der Waals surface area contributed by atoms with Gasteiger partial charge >= 0.3 is 0 Å². The molecule has 4 rings (SSSR count). The molecule has 4 aliphatic carbocycles. The summed E-state index contributed by atoms with van der Waals surface area (Å²) >= 11 is 0. The maximum Gasteiger partial charge on any atom is 0.283 e. The average Bonchev–Trinajstić information content (AvgIpc) is 2.70. The van der Waals surface area contributed by atoms with Crippen LogP contribution in [-0.2, 0) is 47.1 Å². The Labute approximate surface area is 221 Å². The number of ketones is 3. The van der Waals surface area contributed by atoms with E-state index in [2.05, 4.69) is 11.1 Å². The van der Waals surface area contributed by atoms with Crippen LogP contribution in [0.5, 0.6) is 0 Å². The number of rotatable bonds is 2. The normalized spacial score (nSPS) is 30.3. The molecule has 11 heteroatoms. The predicted molar refractivity (Wildman–Crippen MR) is 115 cm³/mol. The van der Waals surface area contributed by atoms with E-state index in [1.807, 2.05) is 0 Å². The third kappa shape index (κ3) is 3.54. The first-order valence-corrected chi connectivity index (χ1v) is 9.94. The molecule has 0 aromatic heterocycles. The van der Waals surface area contributed by atoms with E-state index in [4.69, 9.17) is 0 Å². The molecule has 0 spiro atoms. The van der Waals surface area contributed by atoms with Crippen LogP contribution in [0, 0.1) is 23.3 Å². The van der Waals surface area contributed by atoms with E-state index in [9.17, 15) is 40.2 Å². The van der Waals surface area contributed by atoms with Gasteiger partial charge in [-0.2, -0.15) is 0 Å². The number of fused-ring (bicyclic) bond motifs is 3. The van der Waals surface area contributed by atoms with Gasteiger partial charge in [0, 0.05) is 44.2 Å². The van der Waals surface area contributed by atoms with Gasteiger partial charge < -0.3 is 25.2 Å². The molecule has 2 unspecified atom stereocenters. The molecule has 0 amide bonds. The molecule has 4 atom stereocenters. The van der Waals surface area contributed by atoms with Gasteiger partial charge in [-0.05, 0) is 50.9 Å². The van der Waals surface area contributed by atoms with Crippen molar-refractivity contribution < 1.29 is 67.5 Å². The Bertz CT molecular complexity index is 1200. The zero-order valence-corrected chi connectivity index (χ0v) is 21.0. The van der Waals surface area contributed by atoms with Gasteiger partial charge in [0.1, 0.15) is 17.1 Å². The molecular formula is C23H25N3O7Y. The number of hydrogen-bond acceptors (Lipinski definition) is 9. The van der Waals surface area contributed by atoms with E-state index >= 15 is 0 Å². The number of carbonyl (C=O) groups excluding carboxylic acids is 3. The number of aliphatic hydroxyl groups excluding tert-OH is 3. The fourth-order valence-corrected chi connectivity index (χ4v) is 5.36. The Morgan fingerprint density at radius 1 is 1.24 bits per heavy atom. The Morgan fingerprint density at radius 3 is 2.38 bits per heavy atom. The molecule has 0 aromatic rings. The van der Waals surface area contributed by atoms with Crippen molar-refractivity contribution in [3.05, 3.63) is 62.4 Å². The number of Topliss-reactive ketones (excluding diaryl/α,β-unsaturated/α-hetero) is 3. The number of aliphatic hydroxyl groups is 4. The van der Waals surface area contributed by atoms with Crippen LogP contribution in [0.3, 0.4) is 0 Å². The summed E-state index contributed by atoms with van der Waals surface area (Å²) in [5.41, 5.74) is -3.27. The number of diazo groups is 1. The van der Waals surface area contributed by atoms with Crippen molar-refractivity contribution in [1.82, 2.24) is 4.90 Å². The van der Waals surface area contributed by atoms with Gasteiger partial charge in [-0.3, -0.25) is 14.5 Å². The Hall–Kier alpha value is -2.45. The Kier molecular flexibility index (Phi) is 7.61. The second-order valence-electron chi connectivity index (χ2n) is 8.63. The summed E-state index contributed by atoms with van der Waals surface area (Å²) in [5.74, 6) is -6.34. The van der Waals surface area contributed by atoms with Gasteiger partial charge in [0.2, 0.25) is 5.39 Å². The molecule has 0 fully saturated rings. The van der Waals surface area contributed by atoms with E-state index in [-0.39, 0.29) is 75.4 Å². The largest absolute Gasteiger partial charge is 0.520 e. The first-order chi connectivity index (χ1) is 15.0. The van der Waals surface area contributed by atoms with Crippen LogP contribution in [0.15, 0.2) is 51.3 Å². The molecule has 10 nitrogen and oxygen atoms in total. The average molecular weight is 544 g/mol. The van der Waals surface area contributed by atoms with Gasteiger partial charge in [-0.15, -0.1) is 6.08 Å². The maximum atomic E-state index is 13.1. The maximum absolute atomic E-state index is 13.1. The van der Waals surface area contributed by atoms with Crippen LogP contribution in [-0.4, -0.2) is 68.4 Å². The molecule has 1 radical (unpaired) electrons. The van der Waals surface area contributed by atoms with Crippen LogP contribution in [0.25, 0.3) is 4.98 Å². The van der Waals surface area contributed by atoms with Crippen molar-refractivity contribution in [3.63, 3.8) is 0 Å². The molecule has 0 heterocycles. The van der Waals surface area contributed by atoms with Crippen molar-refractivity contribution in [3.8, 4) is 0 Å². The fraction of sp³-hybridized carbons (Fsp3) is 0.435. The molecule has 0 bridgehead atoms. The summed E-state index contributed by atoms with van der Waals surface area (Å²) in [4.78, 5) is 42.2. The van der Waals surface area contributed by atoms with Gasteiger partial charge in [0.25, 0.3) is 5.70 Å². The fourth-order valence-electron chi connectivity index (χ4n) is 5.36. The molecule has 177 valence electrons. The SMILES string of the molecule is C.CC(=O)C1=C(O)[C@@]2(O)C(O)=C3C(O)=C4C(=O)[C-]=CC([N+]#N)=C4CC3CC2[C@H](N(C)C)C1=O.[Y]. The van der Waals surface area contributed by atoms with Crippen LogP contribution in [0.4, 0.5) is 0 Å². The first kappa shape index (κ1) is 27.8. The Balaban J connectivity index is 0.00000204. The van der Waals surface area contributed by atoms with Crippen LogP contribution in [0.1, 0.15) is 27.2 Å². The van der Waals surface area contributed by atoms with E-state index in [1.165, 1.54) is 11.0 Å². The molecule has 0 saturated heterocycles.